The first-order valence-electron chi connectivity index (χ1n) is 13.6. The molecule has 3 heterocycles. The molecule has 3 aromatic rings. The van der Waals surface area contributed by atoms with Crippen molar-refractivity contribution in [3.8, 4) is 11.5 Å². The van der Waals surface area contributed by atoms with Crippen molar-refractivity contribution in [2.24, 2.45) is 35.5 Å². The van der Waals surface area contributed by atoms with Crippen LogP contribution in [0.5, 0.6) is 11.5 Å². The number of nitrogens with zero attached hydrogens (tertiary/aromatic N) is 1. The second-order valence-electron chi connectivity index (χ2n) is 11.5. The van der Waals surface area contributed by atoms with Gasteiger partial charge in [-0.2, -0.15) is 0 Å². The van der Waals surface area contributed by atoms with Crippen LogP contribution in [0.3, 0.4) is 0 Å². The number of ether oxygens (including phenoxy) is 1. The van der Waals surface area contributed by atoms with E-state index in [-0.39, 0.29) is 45.6 Å². The van der Waals surface area contributed by atoms with Gasteiger partial charge in [-0.15, -0.1) is 11.8 Å². The van der Waals surface area contributed by atoms with E-state index < -0.39 is 29.8 Å². The van der Waals surface area contributed by atoms with Gasteiger partial charge in [-0.1, -0.05) is 55.5 Å². The normalized spacial score (nSPS) is 30.8. The number of imide groups is 1. The number of aliphatic carboxylic acids is 1. The van der Waals surface area contributed by atoms with Gasteiger partial charge in [0.15, 0.2) is 0 Å². The van der Waals surface area contributed by atoms with Crippen LogP contribution >= 0.6 is 23.1 Å². The number of aromatic amines is 1. The van der Waals surface area contributed by atoms with Crippen molar-refractivity contribution in [3.05, 3.63) is 74.7 Å². The molecule has 2 aliphatic carbocycles. The van der Waals surface area contributed by atoms with Crippen LogP contribution < -0.4 is 9.61 Å². The Balaban J connectivity index is 1.29. The van der Waals surface area contributed by atoms with E-state index in [1.54, 1.807) is 25.6 Å². The van der Waals surface area contributed by atoms with Crippen molar-refractivity contribution >= 4 is 40.9 Å². The number of carboxylic acid groups (broad SMARTS) is 1. The number of nitrogens with one attached hydrogen (secondary N) is 1. The Morgan fingerprint density at radius 1 is 1.00 bits per heavy atom. The highest BCUT2D eigenvalue weighted by Gasteiger charge is 2.70. The summed E-state index contributed by atoms with van der Waals surface area (Å²) in [5.41, 5.74) is 1.00. The fourth-order valence-electron chi connectivity index (χ4n) is 7.78. The number of carboxylic acids is 1. The molecule has 4 aliphatic rings. The molecule has 8 nitrogen and oxygen atoms in total. The number of fused-ring (bicyclic) bond motifs is 9. The van der Waals surface area contributed by atoms with Gasteiger partial charge in [0, 0.05) is 16.0 Å². The van der Waals surface area contributed by atoms with Gasteiger partial charge in [0.2, 0.25) is 11.8 Å². The molecule has 0 spiro atoms. The van der Waals surface area contributed by atoms with Gasteiger partial charge in [0.25, 0.3) is 0 Å². The third-order valence-electron chi connectivity index (χ3n) is 9.12. The number of thiazole rings is 1. The van der Waals surface area contributed by atoms with Crippen LogP contribution in [0.25, 0.3) is 0 Å². The van der Waals surface area contributed by atoms with Gasteiger partial charge in [-0.05, 0) is 59.9 Å². The van der Waals surface area contributed by atoms with Crippen molar-refractivity contribution in [1.82, 2.24) is 9.88 Å². The minimum Gasteiger partial charge on any atom is -0.480 e. The maximum absolute atomic E-state index is 13.8. The third kappa shape index (κ3) is 3.72. The van der Waals surface area contributed by atoms with Gasteiger partial charge in [-0.3, -0.25) is 19.3 Å². The fraction of sp³-hybridized carbons (Fsp3) is 0.400. The van der Waals surface area contributed by atoms with Gasteiger partial charge in [0.1, 0.15) is 17.5 Å². The van der Waals surface area contributed by atoms with E-state index in [1.165, 1.54) is 11.3 Å². The zero-order chi connectivity index (χ0) is 27.9. The average molecular weight is 577 g/mol. The largest absolute Gasteiger partial charge is 0.480 e. The Hall–Kier alpha value is -3.37. The number of carbonyl (C=O) groups is 3. The first kappa shape index (κ1) is 25.6. The summed E-state index contributed by atoms with van der Waals surface area (Å²) in [6, 6.07) is 16.3. The molecule has 40 heavy (non-hydrogen) atoms. The average Bonchev–Trinajstić information content (AvgIpc) is 3.65. The van der Waals surface area contributed by atoms with E-state index in [1.807, 2.05) is 54.6 Å². The van der Waals surface area contributed by atoms with E-state index in [0.717, 1.165) is 32.5 Å². The summed E-state index contributed by atoms with van der Waals surface area (Å²) in [4.78, 5) is 57.1. The zero-order valence-corrected chi connectivity index (χ0v) is 23.5. The van der Waals surface area contributed by atoms with Crippen LogP contribution in [0.1, 0.15) is 36.6 Å². The van der Waals surface area contributed by atoms with Crippen LogP contribution in [-0.4, -0.2) is 44.1 Å². The number of H-pyrrole nitrogens is 1. The van der Waals surface area contributed by atoms with Crippen molar-refractivity contribution in [3.63, 3.8) is 0 Å². The van der Waals surface area contributed by atoms with Crippen LogP contribution in [0.15, 0.2) is 64.4 Å². The van der Waals surface area contributed by atoms with Crippen molar-refractivity contribution in [2.45, 2.75) is 42.5 Å². The summed E-state index contributed by atoms with van der Waals surface area (Å²) < 4.78 is 6.13. The molecule has 8 atom stereocenters. The molecule has 7 rings (SSSR count). The molecule has 3 fully saturated rings. The molecule has 1 aromatic heterocycles. The van der Waals surface area contributed by atoms with Gasteiger partial charge < -0.3 is 14.8 Å². The second-order valence-corrected chi connectivity index (χ2v) is 13.7. The van der Waals surface area contributed by atoms with Crippen molar-refractivity contribution < 1.29 is 24.2 Å². The molecule has 2 aliphatic heterocycles. The monoisotopic (exact) mass is 576 g/mol. The van der Waals surface area contributed by atoms with Crippen molar-refractivity contribution in [2.75, 3.05) is 0 Å². The molecule has 2 saturated carbocycles. The lowest BCUT2D eigenvalue weighted by atomic mass is 9.68. The van der Waals surface area contributed by atoms with E-state index in [0.29, 0.717) is 5.75 Å². The second kappa shape index (κ2) is 9.34. The highest BCUT2D eigenvalue weighted by molar-refractivity contribution is 8.00. The Labute approximate surface area is 238 Å². The number of benzene rings is 2. The number of likely N-dealkylation sites (tertiary alicyclic amines) is 1. The van der Waals surface area contributed by atoms with E-state index in [9.17, 15) is 24.3 Å². The maximum atomic E-state index is 13.8. The predicted molar refractivity (Wildman–Crippen MR) is 150 cm³/mol. The van der Waals surface area contributed by atoms with Gasteiger partial charge in [0.05, 0.1) is 16.9 Å². The summed E-state index contributed by atoms with van der Waals surface area (Å²) in [6.07, 6.45) is 0.748. The smallest absolute Gasteiger partial charge is 0.327 e. The Morgan fingerprint density at radius 2 is 1.70 bits per heavy atom. The summed E-state index contributed by atoms with van der Waals surface area (Å²) in [6.45, 7) is 3.46. The SMILES string of the molecule is CC(C)C(C(=O)O)N1C(=O)C2C3CC(C2C1=O)C1C(c2cccc(Oc4ccccc4)c2)c2sc(=O)[nH]c2SC31. The molecule has 1 saturated heterocycles. The molecule has 2 bridgehead atoms. The molecule has 2 aromatic carbocycles. The number of thioether (sulfide) groups is 1. The lowest BCUT2D eigenvalue weighted by Crippen LogP contribution is -2.49. The summed E-state index contributed by atoms with van der Waals surface area (Å²) in [5, 5.41) is 10.8. The highest BCUT2D eigenvalue weighted by Crippen LogP contribution is 2.68. The maximum Gasteiger partial charge on any atom is 0.327 e. The number of aromatic nitrogens is 1. The van der Waals surface area contributed by atoms with Crippen LogP contribution in [0.2, 0.25) is 0 Å². The summed E-state index contributed by atoms with van der Waals surface area (Å²) in [7, 11) is 0. The number of rotatable bonds is 6. The molecule has 0 radical (unpaired) electrons. The number of amides is 2. The molecular formula is C30H28N2O6S2. The Kier molecular flexibility index (Phi) is 5.98. The number of hydrogen-bond acceptors (Lipinski definition) is 7. The fourth-order valence-corrected chi connectivity index (χ4v) is 10.7. The topological polar surface area (TPSA) is 117 Å². The van der Waals surface area contributed by atoms with Crippen molar-refractivity contribution in [1.29, 1.82) is 0 Å². The first-order valence-corrected chi connectivity index (χ1v) is 15.3. The van der Waals surface area contributed by atoms with Gasteiger partial charge in [-0.25, -0.2) is 4.79 Å². The third-order valence-corrected chi connectivity index (χ3v) is 11.7. The Morgan fingerprint density at radius 3 is 2.40 bits per heavy atom. The molecule has 2 N–H and O–H groups in total. The standard InChI is InChI=1S/C30H28N2O6S2/c1-13(2)23(29(35)36)32-27(33)21-17-12-18(22(21)28(32)34)24-20(17)19(25-26(39-24)31-30(37)40-25)14-7-6-10-16(11-14)38-15-8-4-3-5-9-15/h3-11,13,17-24H,12H2,1-2H3,(H,31,37)(H,35,36). The lowest BCUT2D eigenvalue weighted by molar-refractivity contribution is -0.157. The predicted octanol–water partition coefficient (Wildman–Crippen LogP) is 4.81. The molecule has 206 valence electrons. The molecule has 10 heteroatoms. The van der Waals surface area contributed by atoms with Crippen LogP contribution in [0, 0.1) is 35.5 Å². The molecular weight excluding hydrogens is 548 g/mol. The number of hydrogen-bond donors (Lipinski definition) is 2. The zero-order valence-electron chi connectivity index (χ0n) is 21.9. The highest BCUT2D eigenvalue weighted by atomic mass is 32.2. The lowest BCUT2D eigenvalue weighted by Gasteiger charge is -2.43. The minimum absolute atomic E-state index is 0.0289. The Bertz CT molecular complexity index is 1580. The van der Waals surface area contributed by atoms with E-state index in [2.05, 4.69) is 4.98 Å². The summed E-state index contributed by atoms with van der Waals surface area (Å²) >= 11 is 2.82. The van der Waals surface area contributed by atoms with E-state index >= 15 is 0 Å². The number of carbonyl (C=O) groups excluding carboxylic acids is 2. The van der Waals surface area contributed by atoms with E-state index in [4.69, 9.17) is 4.74 Å². The summed E-state index contributed by atoms with van der Waals surface area (Å²) in [5.74, 6) is -2.11. The minimum atomic E-state index is -1.17. The quantitative estimate of drug-likeness (QED) is 0.405. The van der Waals surface area contributed by atoms with Crippen LogP contribution in [0.4, 0.5) is 0 Å². The number of para-hydroxylation sites is 1. The molecule has 2 amide bonds. The van der Waals surface area contributed by atoms with Gasteiger partial charge >= 0.3 is 10.8 Å². The first-order chi connectivity index (χ1) is 19.2. The molecule has 8 unspecified atom stereocenters. The van der Waals surface area contributed by atoms with Crippen LogP contribution in [-0.2, 0) is 14.4 Å².